The SMILES string of the molecule is Cc1ccc(C(C)(O)C#Cc2ccc3c(c2)N(c2ccnc(N)n2)CC3)o1. The van der Waals surface area contributed by atoms with Crippen molar-refractivity contribution < 1.29 is 9.52 Å². The molecule has 6 heteroatoms. The zero-order valence-corrected chi connectivity index (χ0v) is 15.2. The molecule has 1 unspecified atom stereocenters. The van der Waals surface area contributed by atoms with Gasteiger partial charge in [-0.25, -0.2) is 4.98 Å². The summed E-state index contributed by atoms with van der Waals surface area (Å²) >= 11 is 0. The number of hydrogen-bond donors (Lipinski definition) is 2. The second-order valence-corrected chi connectivity index (χ2v) is 6.75. The van der Waals surface area contributed by atoms with Gasteiger partial charge in [0.05, 0.1) is 0 Å². The zero-order chi connectivity index (χ0) is 19.0. The quantitative estimate of drug-likeness (QED) is 0.683. The number of nitrogens with two attached hydrogens (primary N) is 1. The first kappa shape index (κ1) is 17.1. The number of aryl methyl sites for hydroxylation is 1. The summed E-state index contributed by atoms with van der Waals surface area (Å²) in [6, 6.07) is 11.4. The molecule has 3 aromatic rings. The molecule has 0 aliphatic carbocycles. The van der Waals surface area contributed by atoms with Crippen LogP contribution in [0.2, 0.25) is 0 Å². The molecule has 0 bridgehead atoms. The van der Waals surface area contributed by atoms with E-state index < -0.39 is 5.60 Å². The zero-order valence-electron chi connectivity index (χ0n) is 15.2. The van der Waals surface area contributed by atoms with Crippen LogP contribution in [0.15, 0.2) is 47.0 Å². The molecule has 4 rings (SSSR count). The van der Waals surface area contributed by atoms with E-state index in [1.807, 2.05) is 31.2 Å². The maximum absolute atomic E-state index is 10.6. The minimum atomic E-state index is -1.35. The van der Waals surface area contributed by atoms with Gasteiger partial charge in [0.1, 0.15) is 17.3 Å². The Bertz CT molecular complexity index is 1060. The number of aromatic nitrogens is 2. The smallest absolute Gasteiger partial charge is 0.221 e. The van der Waals surface area contributed by atoms with E-state index in [1.165, 1.54) is 5.56 Å². The van der Waals surface area contributed by atoms with Gasteiger partial charge in [-0.15, -0.1) is 0 Å². The van der Waals surface area contributed by atoms with Crippen molar-refractivity contribution in [3.63, 3.8) is 0 Å². The first-order valence-electron chi connectivity index (χ1n) is 8.74. The molecule has 136 valence electrons. The summed E-state index contributed by atoms with van der Waals surface area (Å²) in [5, 5.41) is 10.6. The number of aliphatic hydroxyl groups is 1. The number of rotatable bonds is 2. The van der Waals surface area contributed by atoms with Gasteiger partial charge < -0.3 is 20.2 Å². The normalized spacial score (nSPS) is 15.0. The van der Waals surface area contributed by atoms with Crippen LogP contribution in [-0.4, -0.2) is 21.6 Å². The topological polar surface area (TPSA) is 88.4 Å². The average Bonchev–Trinajstić information content (AvgIpc) is 3.26. The molecular weight excluding hydrogens is 340 g/mol. The molecule has 0 spiro atoms. The van der Waals surface area contributed by atoms with Gasteiger partial charge in [-0.2, -0.15) is 4.98 Å². The molecule has 1 aliphatic heterocycles. The molecule has 3 N–H and O–H groups in total. The van der Waals surface area contributed by atoms with E-state index in [-0.39, 0.29) is 5.95 Å². The number of benzene rings is 1. The summed E-state index contributed by atoms with van der Waals surface area (Å²) in [5.41, 5.74) is 7.46. The fourth-order valence-corrected chi connectivity index (χ4v) is 3.16. The van der Waals surface area contributed by atoms with Crippen LogP contribution < -0.4 is 10.6 Å². The Labute approximate surface area is 157 Å². The third-order valence-corrected chi connectivity index (χ3v) is 4.59. The summed E-state index contributed by atoms with van der Waals surface area (Å²) in [4.78, 5) is 10.4. The van der Waals surface area contributed by atoms with Crippen LogP contribution in [0, 0.1) is 18.8 Å². The summed E-state index contributed by atoms with van der Waals surface area (Å²) in [7, 11) is 0. The Hall–Kier alpha value is -3.30. The van der Waals surface area contributed by atoms with Crippen LogP contribution in [0.25, 0.3) is 0 Å². The van der Waals surface area contributed by atoms with Crippen molar-refractivity contribution in [3.8, 4) is 11.8 Å². The van der Waals surface area contributed by atoms with Gasteiger partial charge in [-0.05, 0) is 56.2 Å². The van der Waals surface area contributed by atoms with E-state index in [0.29, 0.717) is 5.76 Å². The molecule has 0 amide bonds. The van der Waals surface area contributed by atoms with Crippen LogP contribution in [0.3, 0.4) is 0 Å². The van der Waals surface area contributed by atoms with Gasteiger partial charge in [0.15, 0.2) is 5.60 Å². The molecular formula is C21H20N4O2. The average molecular weight is 360 g/mol. The number of furan rings is 1. The maximum atomic E-state index is 10.6. The van der Waals surface area contributed by atoms with E-state index >= 15 is 0 Å². The molecule has 1 atom stereocenters. The molecule has 27 heavy (non-hydrogen) atoms. The molecule has 6 nitrogen and oxygen atoms in total. The standard InChI is InChI=1S/C21H20N4O2/c1-14-3-6-18(27-14)21(2,26)10-7-15-4-5-16-9-12-25(17(16)13-15)19-8-11-23-20(22)24-19/h3-6,8,11,13,26H,9,12H2,1-2H3,(H2,22,23,24). The molecule has 3 heterocycles. The van der Waals surface area contributed by atoms with Crippen LogP contribution in [0.1, 0.15) is 29.6 Å². The highest BCUT2D eigenvalue weighted by Gasteiger charge is 2.25. The second-order valence-electron chi connectivity index (χ2n) is 6.75. The molecule has 0 saturated heterocycles. The van der Waals surface area contributed by atoms with Crippen molar-refractivity contribution >= 4 is 17.5 Å². The third kappa shape index (κ3) is 3.37. The van der Waals surface area contributed by atoms with Gasteiger partial charge >= 0.3 is 0 Å². The molecule has 1 aliphatic rings. The van der Waals surface area contributed by atoms with Crippen molar-refractivity contribution in [1.29, 1.82) is 0 Å². The minimum absolute atomic E-state index is 0.252. The monoisotopic (exact) mass is 360 g/mol. The van der Waals surface area contributed by atoms with Gasteiger partial charge in [0.25, 0.3) is 0 Å². The predicted octanol–water partition coefficient (Wildman–Crippen LogP) is 2.91. The van der Waals surface area contributed by atoms with Crippen LogP contribution >= 0.6 is 0 Å². The van der Waals surface area contributed by atoms with Crippen molar-refractivity contribution in [1.82, 2.24) is 9.97 Å². The predicted molar refractivity (Wildman–Crippen MR) is 103 cm³/mol. The summed E-state index contributed by atoms with van der Waals surface area (Å²) in [6.07, 6.45) is 2.58. The van der Waals surface area contributed by atoms with Crippen LogP contribution in [-0.2, 0) is 12.0 Å². The Morgan fingerprint density at radius 2 is 2.11 bits per heavy atom. The highest BCUT2D eigenvalue weighted by Crippen LogP contribution is 2.34. The largest absolute Gasteiger partial charge is 0.462 e. The van der Waals surface area contributed by atoms with E-state index in [1.54, 1.807) is 19.2 Å². The van der Waals surface area contributed by atoms with E-state index in [9.17, 15) is 5.11 Å². The van der Waals surface area contributed by atoms with Gasteiger partial charge in [-0.1, -0.05) is 17.9 Å². The number of anilines is 3. The molecule has 0 saturated carbocycles. The summed E-state index contributed by atoms with van der Waals surface area (Å²) in [6.45, 7) is 4.29. The van der Waals surface area contributed by atoms with E-state index in [2.05, 4.69) is 32.8 Å². The number of nitrogens with zero attached hydrogens (tertiary/aromatic N) is 3. The second kappa shape index (κ2) is 6.45. The third-order valence-electron chi connectivity index (χ3n) is 4.59. The highest BCUT2D eigenvalue weighted by molar-refractivity contribution is 5.69. The Morgan fingerprint density at radius 3 is 2.85 bits per heavy atom. The van der Waals surface area contributed by atoms with Crippen molar-refractivity contribution in [2.45, 2.75) is 25.9 Å². The van der Waals surface area contributed by atoms with Gasteiger partial charge in [-0.3, -0.25) is 0 Å². The first-order valence-corrected chi connectivity index (χ1v) is 8.74. The minimum Gasteiger partial charge on any atom is -0.462 e. The molecule has 1 aromatic carbocycles. The van der Waals surface area contributed by atoms with Gasteiger partial charge in [0, 0.05) is 24.0 Å². The number of hydrogen-bond acceptors (Lipinski definition) is 6. The summed E-state index contributed by atoms with van der Waals surface area (Å²) in [5.74, 6) is 8.17. The van der Waals surface area contributed by atoms with Crippen LogP contribution in [0.5, 0.6) is 0 Å². The fraction of sp³-hybridized carbons (Fsp3) is 0.238. The maximum Gasteiger partial charge on any atom is 0.221 e. The highest BCUT2D eigenvalue weighted by atomic mass is 16.4. The Morgan fingerprint density at radius 1 is 1.26 bits per heavy atom. The van der Waals surface area contributed by atoms with Crippen LogP contribution in [0.4, 0.5) is 17.5 Å². The molecule has 0 fully saturated rings. The van der Waals surface area contributed by atoms with E-state index in [4.69, 9.17) is 10.2 Å². The van der Waals surface area contributed by atoms with Crippen molar-refractivity contribution in [2.75, 3.05) is 17.2 Å². The summed E-state index contributed by atoms with van der Waals surface area (Å²) < 4.78 is 5.51. The molecule has 2 aromatic heterocycles. The van der Waals surface area contributed by atoms with Crippen molar-refractivity contribution in [3.05, 3.63) is 65.2 Å². The van der Waals surface area contributed by atoms with E-state index in [0.717, 1.165) is 35.8 Å². The number of fused-ring (bicyclic) bond motifs is 1. The molecule has 0 radical (unpaired) electrons. The number of nitrogen functional groups attached to an aromatic ring is 1. The Kier molecular flexibility index (Phi) is 4.09. The lowest BCUT2D eigenvalue weighted by Crippen LogP contribution is -2.17. The van der Waals surface area contributed by atoms with Gasteiger partial charge in [0.2, 0.25) is 5.95 Å². The van der Waals surface area contributed by atoms with Crippen molar-refractivity contribution in [2.24, 2.45) is 0 Å². The lowest BCUT2D eigenvalue weighted by Gasteiger charge is -2.18. The lowest BCUT2D eigenvalue weighted by atomic mass is 10.0. The lowest BCUT2D eigenvalue weighted by molar-refractivity contribution is 0.0943. The Balaban J connectivity index is 1.65. The first-order chi connectivity index (χ1) is 12.9. The fourth-order valence-electron chi connectivity index (χ4n) is 3.16.